The van der Waals surface area contributed by atoms with Crippen LogP contribution in [0.5, 0.6) is 5.75 Å². The van der Waals surface area contributed by atoms with Gasteiger partial charge in [0, 0.05) is 11.9 Å². The number of carbonyl (C=O) groups is 1. The van der Waals surface area contributed by atoms with Crippen molar-refractivity contribution >= 4 is 11.7 Å². The molecule has 0 fully saturated rings. The van der Waals surface area contributed by atoms with Crippen molar-refractivity contribution in [1.82, 2.24) is 4.57 Å². The second kappa shape index (κ2) is 7.55. The van der Waals surface area contributed by atoms with Crippen LogP contribution >= 0.6 is 0 Å². The lowest BCUT2D eigenvalue weighted by Crippen LogP contribution is -2.13. The molecular formula is C18H21N3O3. The Morgan fingerprint density at radius 3 is 2.42 bits per heavy atom. The maximum Gasteiger partial charge on any atom is 0.357 e. The third-order valence-corrected chi connectivity index (χ3v) is 3.87. The number of rotatable bonds is 6. The summed E-state index contributed by atoms with van der Waals surface area (Å²) in [5, 5.41) is 9.14. The Kier molecular flexibility index (Phi) is 5.48. The summed E-state index contributed by atoms with van der Waals surface area (Å²) in [6.07, 6.45) is 3.57. The van der Waals surface area contributed by atoms with Gasteiger partial charge < -0.3 is 19.8 Å². The van der Waals surface area contributed by atoms with Crippen LogP contribution in [0.1, 0.15) is 42.7 Å². The Morgan fingerprint density at radius 2 is 1.92 bits per heavy atom. The number of carbonyl (C=O) groups excluding carboxylic acids is 1. The van der Waals surface area contributed by atoms with E-state index in [0.29, 0.717) is 5.69 Å². The van der Waals surface area contributed by atoms with Gasteiger partial charge in [0.25, 0.3) is 0 Å². The van der Waals surface area contributed by atoms with Crippen molar-refractivity contribution in [2.45, 2.75) is 32.8 Å². The molecule has 1 heterocycles. The zero-order chi connectivity index (χ0) is 17.7. The molecule has 6 nitrogen and oxygen atoms in total. The number of nitrogens with zero attached hydrogens (tertiary/aromatic N) is 2. The molecule has 6 heteroatoms. The number of hydrogen-bond donors (Lipinski definition) is 1. The summed E-state index contributed by atoms with van der Waals surface area (Å²) in [6, 6.07) is 9.26. The van der Waals surface area contributed by atoms with E-state index in [9.17, 15) is 4.79 Å². The summed E-state index contributed by atoms with van der Waals surface area (Å²) < 4.78 is 12.2. The number of anilines is 1. The Morgan fingerprint density at radius 1 is 1.29 bits per heavy atom. The fourth-order valence-corrected chi connectivity index (χ4v) is 2.45. The number of benzene rings is 1. The fraction of sp³-hybridized carbons (Fsp3) is 0.333. The van der Waals surface area contributed by atoms with Crippen LogP contribution in [-0.4, -0.2) is 23.8 Å². The molecule has 0 amide bonds. The first kappa shape index (κ1) is 17.4. The number of aromatic nitrogens is 1. The van der Waals surface area contributed by atoms with Crippen LogP contribution in [0.2, 0.25) is 0 Å². The summed E-state index contributed by atoms with van der Waals surface area (Å²) in [4.78, 5) is 12.0. The second-order valence-corrected chi connectivity index (χ2v) is 5.33. The van der Waals surface area contributed by atoms with Gasteiger partial charge in [-0.1, -0.05) is 13.8 Å². The summed E-state index contributed by atoms with van der Waals surface area (Å²) in [6.45, 7) is 4.16. The third-order valence-electron chi connectivity index (χ3n) is 3.87. The molecule has 1 aromatic heterocycles. The molecule has 0 saturated heterocycles. The van der Waals surface area contributed by atoms with Gasteiger partial charge in [-0.3, -0.25) is 0 Å². The van der Waals surface area contributed by atoms with Crippen LogP contribution in [0.25, 0.3) is 5.69 Å². The van der Waals surface area contributed by atoms with Crippen LogP contribution in [-0.2, 0) is 4.74 Å². The van der Waals surface area contributed by atoms with Crippen LogP contribution < -0.4 is 10.5 Å². The van der Waals surface area contributed by atoms with Crippen LogP contribution in [0.15, 0.2) is 30.5 Å². The first-order valence-corrected chi connectivity index (χ1v) is 7.81. The number of hydrogen-bond acceptors (Lipinski definition) is 5. The van der Waals surface area contributed by atoms with E-state index in [2.05, 4.69) is 13.8 Å². The lowest BCUT2D eigenvalue weighted by molar-refractivity contribution is 0.0593. The summed E-state index contributed by atoms with van der Waals surface area (Å²) in [5.41, 5.74) is 7.07. The maximum atomic E-state index is 12.0. The molecule has 0 unspecified atom stereocenters. The molecule has 0 aliphatic rings. The molecule has 0 saturated carbocycles. The molecule has 0 radical (unpaired) electrons. The molecule has 0 spiro atoms. The number of nitrogens with two attached hydrogens (primary N) is 1. The van der Waals surface area contributed by atoms with Gasteiger partial charge in [-0.15, -0.1) is 0 Å². The van der Waals surface area contributed by atoms with E-state index in [1.54, 1.807) is 4.57 Å². The lowest BCUT2D eigenvalue weighted by Gasteiger charge is -2.16. The largest absolute Gasteiger partial charge is 0.490 e. The van der Waals surface area contributed by atoms with Crippen molar-refractivity contribution in [3.63, 3.8) is 0 Å². The topological polar surface area (TPSA) is 90.3 Å². The predicted octanol–water partition coefficient (Wildman–Crippen LogP) is 3.29. The van der Waals surface area contributed by atoms with E-state index in [1.165, 1.54) is 13.3 Å². The highest BCUT2D eigenvalue weighted by Crippen LogP contribution is 2.26. The Bertz CT molecular complexity index is 753. The van der Waals surface area contributed by atoms with Gasteiger partial charge >= 0.3 is 5.97 Å². The van der Waals surface area contributed by atoms with Gasteiger partial charge in [-0.2, -0.15) is 5.26 Å². The van der Waals surface area contributed by atoms with Gasteiger partial charge in [0.1, 0.15) is 11.8 Å². The molecule has 126 valence electrons. The molecule has 24 heavy (non-hydrogen) atoms. The van der Waals surface area contributed by atoms with Crippen molar-refractivity contribution in [1.29, 1.82) is 5.26 Å². The fourth-order valence-electron chi connectivity index (χ4n) is 2.45. The molecule has 2 aromatic rings. The Labute approximate surface area is 141 Å². The van der Waals surface area contributed by atoms with E-state index in [0.717, 1.165) is 18.6 Å². The minimum atomic E-state index is -0.591. The van der Waals surface area contributed by atoms with Crippen LogP contribution in [0.4, 0.5) is 5.69 Å². The van der Waals surface area contributed by atoms with Crippen LogP contribution in [0.3, 0.4) is 0 Å². The van der Waals surface area contributed by atoms with Gasteiger partial charge in [0.15, 0.2) is 5.69 Å². The average molecular weight is 327 g/mol. The first-order valence-electron chi connectivity index (χ1n) is 7.81. The monoisotopic (exact) mass is 327 g/mol. The highest BCUT2D eigenvalue weighted by Gasteiger charge is 2.21. The number of nitrogen functional groups attached to an aromatic ring is 1. The van der Waals surface area contributed by atoms with E-state index in [4.69, 9.17) is 20.5 Å². The van der Waals surface area contributed by atoms with Crippen molar-refractivity contribution in [3.8, 4) is 17.5 Å². The molecule has 0 aliphatic carbocycles. The molecule has 0 aliphatic heterocycles. The second-order valence-electron chi connectivity index (χ2n) is 5.33. The quantitative estimate of drug-likeness (QED) is 0.822. The molecule has 2 rings (SSSR count). The Hall–Kier alpha value is -2.94. The third kappa shape index (κ3) is 3.35. The standard InChI is InChI=1S/C18H21N3O3/c1-4-14(5-2)24-15-8-6-13(7-9-15)21-11-12(10-19)16(20)17(21)18(22)23-3/h6-9,11,14H,4-5,20H2,1-3H3. The van der Waals surface area contributed by atoms with Crippen molar-refractivity contribution in [2.24, 2.45) is 0 Å². The van der Waals surface area contributed by atoms with Gasteiger partial charge in [-0.05, 0) is 37.1 Å². The van der Waals surface area contributed by atoms with E-state index >= 15 is 0 Å². The first-order chi connectivity index (χ1) is 11.5. The van der Waals surface area contributed by atoms with Gasteiger partial charge in [0.05, 0.1) is 24.5 Å². The molecule has 2 N–H and O–H groups in total. The van der Waals surface area contributed by atoms with Crippen molar-refractivity contribution in [2.75, 3.05) is 12.8 Å². The summed E-state index contributed by atoms with van der Waals surface area (Å²) >= 11 is 0. The zero-order valence-electron chi connectivity index (χ0n) is 14.1. The van der Waals surface area contributed by atoms with Crippen molar-refractivity contribution in [3.05, 3.63) is 41.7 Å². The van der Waals surface area contributed by atoms with E-state index in [-0.39, 0.29) is 23.0 Å². The smallest absolute Gasteiger partial charge is 0.357 e. The van der Waals surface area contributed by atoms with E-state index in [1.807, 2.05) is 30.3 Å². The number of esters is 1. The molecule has 0 bridgehead atoms. The van der Waals surface area contributed by atoms with Crippen LogP contribution in [0, 0.1) is 11.3 Å². The number of methoxy groups -OCH3 is 1. The summed E-state index contributed by atoms with van der Waals surface area (Å²) in [7, 11) is 1.28. The highest BCUT2D eigenvalue weighted by atomic mass is 16.5. The summed E-state index contributed by atoms with van der Waals surface area (Å²) in [5.74, 6) is 0.166. The molecule has 0 atom stereocenters. The lowest BCUT2D eigenvalue weighted by atomic mass is 10.2. The molecular weight excluding hydrogens is 306 g/mol. The Balaban J connectivity index is 2.39. The predicted molar refractivity (Wildman–Crippen MR) is 91.2 cm³/mol. The van der Waals surface area contributed by atoms with Gasteiger partial charge in [-0.25, -0.2) is 4.79 Å². The maximum absolute atomic E-state index is 12.0. The number of nitriles is 1. The normalized spacial score (nSPS) is 10.5. The van der Waals surface area contributed by atoms with Crippen molar-refractivity contribution < 1.29 is 14.3 Å². The average Bonchev–Trinajstić information content (AvgIpc) is 2.96. The SMILES string of the molecule is CCC(CC)Oc1ccc(-n2cc(C#N)c(N)c2C(=O)OC)cc1. The molecule has 1 aromatic carbocycles. The zero-order valence-corrected chi connectivity index (χ0v) is 14.1. The highest BCUT2D eigenvalue weighted by molar-refractivity contribution is 5.95. The number of ether oxygens (including phenoxy) is 2. The minimum Gasteiger partial charge on any atom is -0.490 e. The minimum absolute atomic E-state index is 0.113. The van der Waals surface area contributed by atoms with Gasteiger partial charge in [0.2, 0.25) is 0 Å². The van der Waals surface area contributed by atoms with E-state index < -0.39 is 5.97 Å².